The van der Waals surface area contributed by atoms with Gasteiger partial charge in [-0.15, -0.1) is 0 Å². The molecule has 138 valence electrons. The lowest BCUT2D eigenvalue weighted by Crippen LogP contribution is -2.23. The van der Waals surface area contributed by atoms with Gasteiger partial charge in [0, 0.05) is 12.8 Å². The molecule has 0 aliphatic carbocycles. The first-order valence-corrected chi connectivity index (χ1v) is 9.52. The maximum absolute atomic E-state index is 11.8. The van der Waals surface area contributed by atoms with Gasteiger partial charge in [0.15, 0.2) is 0 Å². The van der Waals surface area contributed by atoms with E-state index in [1.165, 1.54) is 44.9 Å². The number of carbonyl (C=O) groups is 1. The first-order chi connectivity index (χ1) is 11.1. The zero-order valence-electron chi connectivity index (χ0n) is 15.3. The fourth-order valence-corrected chi connectivity index (χ4v) is 2.58. The third-order valence-electron chi connectivity index (χ3n) is 4.16. The van der Waals surface area contributed by atoms with Crippen LogP contribution in [0.2, 0.25) is 0 Å². The summed E-state index contributed by atoms with van der Waals surface area (Å²) in [4.78, 5) is 11.8. The van der Waals surface area contributed by atoms with E-state index in [2.05, 4.69) is 6.92 Å². The standard InChI is InChI=1S/C19H38O4/c1-3-4-5-6-7-8-9-10-13-18(21)14-11-12-17(2)23-16-19(22)15-20/h17,19-20,22H,3-16H2,1-2H3. The van der Waals surface area contributed by atoms with E-state index in [1.807, 2.05) is 6.92 Å². The molecule has 4 heteroatoms. The van der Waals surface area contributed by atoms with Gasteiger partial charge in [-0.1, -0.05) is 51.9 Å². The summed E-state index contributed by atoms with van der Waals surface area (Å²) in [6.45, 7) is 4.05. The van der Waals surface area contributed by atoms with Crippen LogP contribution >= 0.6 is 0 Å². The Morgan fingerprint density at radius 2 is 1.52 bits per heavy atom. The number of hydrogen-bond acceptors (Lipinski definition) is 4. The molecule has 0 aliphatic rings. The third-order valence-corrected chi connectivity index (χ3v) is 4.16. The van der Waals surface area contributed by atoms with Crippen LogP contribution in [0.3, 0.4) is 0 Å². The van der Waals surface area contributed by atoms with Gasteiger partial charge in [-0.3, -0.25) is 4.79 Å². The summed E-state index contributed by atoms with van der Waals surface area (Å²) in [5.41, 5.74) is 0. The average Bonchev–Trinajstić information content (AvgIpc) is 2.55. The van der Waals surface area contributed by atoms with Crippen molar-refractivity contribution in [2.75, 3.05) is 13.2 Å². The summed E-state index contributed by atoms with van der Waals surface area (Å²) < 4.78 is 5.41. The average molecular weight is 331 g/mol. The third kappa shape index (κ3) is 16.2. The first kappa shape index (κ1) is 22.6. The van der Waals surface area contributed by atoms with E-state index < -0.39 is 6.10 Å². The number of aliphatic hydroxyl groups excluding tert-OH is 2. The second-order valence-electron chi connectivity index (χ2n) is 6.64. The SMILES string of the molecule is CCCCCCCCCCC(=O)CCCC(C)OCC(O)CO. The Bertz CT molecular complexity index is 268. The lowest BCUT2D eigenvalue weighted by Gasteiger charge is -2.14. The molecule has 0 aromatic carbocycles. The molecule has 0 aromatic rings. The molecular weight excluding hydrogens is 292 g/mol. The summed E-state index contributed by atoms with van der Waals surface area (Å²) in [6, 6.07) is 0. The quantitative estimate of drug-likeness (QED) is 0.395. The number of carbonyl (C=O) groups excluding carboxylic acids is 1. The van der Waals surface area contributed by atoms with Crippen molar-refractivity contribution < 1.29 is 19.7 Å². The summed E-state index contributed by atoms with van der Waals surface area (Å²) in [6.07, 6.45) is 12.3. The van der Waals surface area contributed by atoms with E-state index in [0.29, 0.717) is 18.6 Å². The van der Waals surface area contributed by atoms with Crippen LogP contribution in [0.25, 0.3) is 0 Å². The first-order valence-electron chi connectivity index (χ1n) is 9.52. The van der Waals surface area contributed by atoms with Gasteiger partial charge < -0.3 is 14.9 Å². The second-order valence-corrected chi connectivity index (χ2v) is 6.64. The Morgan fingerprint density at radius 3 is 2.13 bits per heavy atom. The van der Waals surface area contributed by atoms with Crippen LogP contribution in [0.4, 0.5) is 0 Å². The molecule has 0 fully saturated rings. The van der Waals surface area contributed by atoms with Gasteiger partial charge in [0.1, 0.15) is 11.9 Å². The van der Waals surface area contributed by atoms with Crippen LogP contribution in [0.5, 0.6) is 0 Å². The molecule has 0 aromatic heterocycles. The minimum absolute atomic E-state index is 0.0205. The highest BCUT2D eigenvalue weighted by Crippen LogP contribution is 2.12. The van der Waals surface area contributed by atoms with Crippen LogP contribution < -0.4 is 0 Å². The molecule has 0 aliphatic heterocycles. The number of Topliss-reactive ketones (excluding diaryl/α,β-unsaturated/α-hetero) is 1. The minimum Gasteiger partial charge on any atom is -0.394 e. The van der Waals surface area contributed by atoms with Gasteiger partial charge in [-0.2, -0.15) is 0 Å². The van der Waals surface area contributed by atoms with Crippen LogP contribution in [0, 0.1) is 0 Å². The highest BCUT2D eigenvalue weighted by atomic mass is 16.5. The van der Waals surface area contributed by atoms with Gasteiger partial charge >= 0.3 is 0 Å². The number of rotatable bonds is 17. The van der Waals surface area contributed by atoms with Crippen molar-refractivity contribution in [1.29, 1.82) is 0 Å². The fourth-order valence-electron chi connectivity index (χ4n) is 2.58. The lowest BCUT2D eigenvalue weighted by molar-refractivity contribution is -0.119. The molecule has 2 N–H and O–H groups in total. The van der Waals surface area contributed by atoms with E-state index >= 15 is 0 Å². The van der Waals surface area contributed by atoms with Gasteiger partial charge in [-0.05, 0) is 26.2 Å². The molecule has 2 atom stereocenters. The van der Waals surface area contributed by atoms with E-state index in [4.69, 9.17) is 9.84 Å². The van der Waals surface area contributed by atoms with Crippen molar-refractivity contribution in [3.8, 4) is 0 Å². The van der Waals surface area contributed by atoms with Crippen LogP contribution in [0.15, 0.2) is 0 Å². The number of unbranched alkanes of at least 4 members (excludes halogenated alkanes) is 7. The zero-order valence-corrected chi connectivity index (χ0v) is 15.3. The van der Waals surface area contributed by atoms with E-state index in [1.54, 1.807) is 0 Å². The maximum Gasteiger partial charge on any atom is 0.132 e. The molecule has 0 radical (unpaired) electrons. The van der Waals surface area contributed by atoms with E-state index in [9.17, 15) is 9.90 Å². The number of ketones is 1. The molecule has 0 amide bonds. The van der Waals surface area contributed by atoms with E-state index in [0.717, 1.165) is 19.3 Å². The molecule has 2 unspecified atom stereocenters. The van der Waals surface area contributed by atoms with Crippen molar-refractivity contribution in [2.24, 2.45) is 0 Å². The second kappa shape index (κ2) is 16.4. The molecule has 0 heterocycles. The number of hydrogen-bond donors (Lipinski definition) is 2. The van der Waals surface area contributed by atoms with Crippen LogP contribution in [-0.2, 0) is 9.53 Å². The molecule has 0 spiro atoms. The van der Waals surface area contributed by atoms with Crippen LogP contribution in [0.1, 0.15) is 90.9 Å². The maximum atomic E-state index is 11.8. The Balaban J connectivity index is 3.36. The highest BCUT2D eigenvalue weighted by molar-refractivity contribution is 5.78. The predicted molar refractivity (Wildman–Crippen MR) is 94.6 cm³/mol. The molecule has 0 saturated heterocycles. The number of aliphatic hydroxyl groups is 2. The Kier molecular flexibility index (Phi) is 16.1. The molecule has 23 heavy (non-hydrogen) atoms. The summed E-state index contributed by atoms with van der Waals surface area (Å²) in [7, 11) is 0. The lowest BCUT2D eigenvalue weighted by atomic mass is 10.0. The van der Waals surface area contributed by atoms with E-state index in [-0.39, 0.29) is 19.3 Å². The predicted octanol–water partition coefficient (Wildman–Crippen LogP) is 4.01. The molecule has 4 nitrogen and oxygen atoms in total. The molecular formula is C19H38O4. The fraction of sp³-hybridized carbons (Fsp3) is 0.947. The largest absolute Gasteiger partial charge is 0.394 e. The van der Waals surface area contributed by atoms with Gasteiger partial charge in [0.25, 0.3) is 0 Å². The minimum atomic E-state index is -0.805. The zero-order chi connectivity index (χ0) is 17.3. The highest BCUT2D eigenvalue weighted by Gasteiger charge is 2.08. The molecule has 0 saturated carbocycles. The van der Waals surface area contributed by atoms with Gasteiger partial charge in [0.05, 0.1) is 19.3 Å². The summed E-state index contributed by atoms with van der Waals surface area (Å²) >= 11 is 0. The Morgan fingerprint density at radius 1 is 0.957 bits per heavy atom. The van der Waals surface area contributed by atoms with Crippen molar-refractivity contribution in [2.45, 2.75) is 103 Å². The topological polar surface area (TPSA) is 66.8 Å². The van der Waals surface area contributed by atoms with Gasteiger partial charge in [-0.25, -0.2) is 0 Å². The monoisotopic (exact) mass is 330 g/mol. The van der Waals surface area contributed by atoms with Crippen molar-refractivity contribution in [1.82, 2.24) is 0 Å². The van der Waals surface area contributed by atoms with Crippen molar-refractivity contribution >= 4 is 5.78 Å². The number of ether oxygens (including phenoxy) is 1. The molecule has 0 bridgehead atoms. The summed E-state index contributed by atoms with van der Waals surface area (Å²) in [5, 5.41) is 17.9. The van der Waals surface area contributed by atoms with Gasteiger partial charge in [0.2, 0.25) is 0 Å². The Hall–Kier alpha value is -0.450. The normalized spacial score (nSPS) is 13.9. The molecule has 0 rings (SSSR count). The van der Waals surface area contributed by atoms with Crippen molar-refractivity contribution in [3.05, 3.63) is 0 Å². The smallest absolute Gasteiger partial charge is 0.132 e. The summed E-state index contributed by atoms with van der Waals surface area (Å²) in [5.74, 6) is 0.360. The Labute approximate surface area is 142 Å². The van der Waals surface area contributed by atoms with Crippen LogP contribution in [-0.4, -0.2) is 41.4 Å². The van der Waals surface area contributed by atoms with Crippen molar-refractivity contribution in [3.63, 3.8) is 0 Å².